The number of benzene rings is 2. The second-order valence-corrected chi connectivity index (χ2v) is 9.80. The number of likely N-dealkylation sites (N-methyl/N-ethyl adjacent to an activating group) is 1. The zero-order valence-corrected chi connectivity index (χ0v) is 19.5. The molecule has 1 saturated heterocycles. The number of carbonyl (C=O) groups is 2. The van der Waals surface area contributed by atoms with Crippen molar-refractivity contribution in [2.24, 2.45) is 0 Å². The highest BCUT2D eigenvalue weighted by molar-refractivity contribution is 7.92. The first kappa shape index (κ1) is 25.5. The summed E-state index contributed by atoms with van der Waals surface area (Å²) >= 11 is 0. The van der Waals surface area contributed by atoms with Crippen molar-refractivity contribution >= 4 is 27.5 Å². The third kappa shape index (κ3) is 6.26. The third-order valence-corrected chi connectivity index (χ3v) is 6.62. The summed E-state index contributed by atoms with van der Waals surface area (Å²) in [5, 5.41) is 0. The molecule has 1 N–H and O–H groups in total. The largest absolute Gasteiger partial charge is 0.416 e. The molecule has 2 aromatic carbocycles. The predicted molar refractivity (Wildman–Crippen MR) is 120 cm³/mol. The highest BCUT2D eigenvalue weighted by Crippen LogP contribution is 2.31. The Morgan fingerprint density at radius 3 is 2.12 bits per heavy atom. The number of alkyl halides is 3. The summed E-state index contributed by atoms with van der Waals surface area (Å²) in [5.74, 6) is -0.311. The Morgan fingerprint density at radius 2 is 1.56 bits per heavy atom. The van der Waals surface area contributed by atoms with Crippen LogP contribution in [0.2, 0.25) is 0 Å². The molecule has 1 heterocycles. The molecular weight excluding hydrogens is 473 g/mol. The smallest absolute Gasteiger partial charge is 0.338 e. The summed E-state index contributed by atoms with van der Waals surface area (Å²) in [4.78, 5) is 29.8. The van der Waals surface area contributed by atoms with Gasteiger partial charge in [0.05, 0.1) is 17.0 Å². The van der Waals surface area contributed by atoms with Gasteiger partial charge < -0.3 is 14.7 Å². The van der Waals surface area contributed by atoms with Crippen LogP contribution >= 0.6 is 0 Å². The lowest BCUT2D eigenvalue weighted by Crippen LogP contribution is -2.52. The molecule has 0 unspecified atom stereocenters. The van der Waals surface area contributed by atoms with Gasteiger partial charge in [-0.1, -0.05) is 6.07 Å². The summed E-state index contributed by atoms with van der Waals surface area (Å²) < 4.78 is 65.9. The van der Waals surface area contributed by atoms with Gasteiger partial charge in [-0.05, 0) is 56.6 Å². The highest BCUT2D eigenvalue weighted by atomic mass is 32.2. The van der Waals surface area contributed by atoms with Crippen LogP contribution in [0, 0.1) is 0 Å². The van der Waals surface area contributed by atoms with Crippen molar-refractivity contribution in [3.8, 4) is 0 Å². The number of rotatable bonds is 6. The number of carbonyl (C=O) groups excluding carboxylic acids is 2. The molecule has 1 aliphatic rings. The maximum atomic E-state index is 12.9. The van der Waals surface area contributed by atoms with Crippen LogP contribution in [0.4, 0.5) is 18.9 Å². The summed E-state index contributed by atoms with van der Waals surface area (Å²) in [6.07, 6.45) is -4.60. The number of nitrogens with zero attached hydrogens (tertiary/aromatic N) is 3. The second-order valence-electron chi connectivity index (χ2n) is 8.12. The van der Waals surface area contributed by atoms with Crippen LogP contribution < -0.4 is 4.72 Å². The fourth-order valence-corrected chi connectivity index (χ4v) is 4.51. The lowest BCUT2D eigenvalue weighted by atomic mass is 10.2. The van der Waals surface area contributed by atoms with Crippen LogP contribution in [0.5, 0.6) is 0 Å². The van der Waals surface area contributed by atoms with Gasteiger partial charge in [-0.3, -0.25) is 14.3 Å². The van der Waals surface area contributed by atoms with E-state index in [0.29, 0.717) is 38.8 Å². The molecule has 0 radical (unpaired) electrons. The molecule has 184 valence electrons. The lowest BCUT2D eigenvalue weighted by Gasteiger charge is -2.35. The zero-order chi connectivity index (χ0) is 25.1. The molecular formula is C22H25F3N4O4S. The SMILES string of the molecule is CN(C)CC(=O)N1CCN(C(=O)c2ccc(S(=O)(=O)Nc3cccc(C(F)(F)F)c3)cc2)CC1. The van der Waals surface area contributed by atoms with E-state index in [4.69, 9.17) is 0 Å². The third-order valence-electron chi connectivity index (χ3n) is 5.22. The number of halogens is 3. The van der Waals surface area contributed by atoms with Crippen molar-refractivity contribution in [2.45, 2.75) is 11.1 Å². The average molecular weight is 499 g/mol. The molecule has 2 amide bonds. The van der Waals surface area contributed by atoms with E-state index in [-0.39, 0.29) is 28.0 Å². The van der Waals surface area contributed by atoms with Gasteiger partial charge in [-0.2, -0.15) is 13.2 Å². The van der Waals surface area contributed by atoms with Crippen molar-refractivity contribution in [1.29, 1.82) is 0 Å². The molecule has 0 saturated carbocycles. The highest BCUT2D eigenvalue weighted by Gasteiger charge is 2.31. The quantitative estimate of drug-likeness (QED) is 0.661. The van der Waals surface area contributed by atoms with Gasteiger partial charge in [0.1, 0.15) is 0 Å². The number of hydrogen-bond donors (Lipinski definition) is 1. The zero-order valence-electron chi connectivity index (χ0n) is 18.7. The van der Waals surface area contributed by atoms with Gasteiger partial charge in [0.2, 0.25) is 5.91 Å². The summed E-state index contributed by atoms with van der Waals surface area (Å²) in [5.41, 5.74) is -0.931. The van der Waals surface area contributed by atoms with E-state index in [1.807, 2.05) is 0 Å². The minimum atomic E-state index is -4.60. The topological polar surface area (TPSA) is 90.0 Å². The molecule has 8 nitrogen and oxygen atoms in total. The summed E-state index contributed by atoms with van der Waals surface area (Å²) in [7, 11) is -0.556. The first-order chi connectivity index (χ1) is 15.9. The monoisotopic (exact) mass is 498 g/mol. The molecule has 0 spiro atoms. The summed E-state index contributed by atoms with van der Waals surface area (Å²) in [6.45, 7) is 1.82. The normalized spacial score (nSPS) is 14.9. The molecule has 2 aromatic rings. The molecule has 34 heavy (non-hydrogen) atoms. The van der Waals surface area contributed by atoms with E-state index in [0.717, 1.165) is 12.1 Å². The van der Waals surface area contributed by atoms with Gasteiger partial charge in [-0.15, -0.1) is 0 Å². The van der Waals surface area contributed by atoms with E-state index in [1.165, 1.54) is 30.3 Å². The summed E-state index contributed by atoms with van der Waals surface area (Å²) in [6, 6.07) is 9.03. The van der Waals surface area contributed by atoms with Crippen LogP contribution in [0.1, 0.15) is 15.9 Å². The van der Waals surface area contributed by atoms with Crippen molar-refractivity contribution in [3.63, 3.8) is 0 Å². The van der Waals surface area contributed by atoms with E-state index < -0.39 is 21.8 Å². The standard InChI is InChI=1S/C22H25F3N4O4S/c1-27(2)15-20(30)28-10-12-29(13-11-28)21(31)16-6-8-19(9-7-16)34(32,33)26-18-5-3-4-17(14-18)22(23,24)25/h3-9,14,26H,10-13,15H2,1-2H3. The Kier molecular flexibility index (Phi) is 7.51. The Labute approximate surface area is 196 Å². The van der Waals surface area contributed by atoms with Crippen LogP contribution in [-0.2, 0) is 21.0 Å². The first-order valence-electron chi connectivity index (χ1n) is 10.4. The maximum absolute atomic E-state index is 12.9. The number of hydrogen-bond acceptors (Lipinski definition) is 5. The predicted octanol–water partition coefficient (Wildman–Crippen LogP) is 2.35. The first-order valence-corrected chi connectivity index (χ1v) is 11.9. The molecule has 3 rings (SSSR count). The van der Waals surface area contributed by atoms with Crippen LogP contribution in [0.25, 0.3) is 0 Å². The molecule has 0 aromatic heterocycles. The van der Waals surface area contributed by atoms with Crippen LogP contribution in [-0.4, -0.2) is 81.8 Å². The Bertz CT molecular complexity index is 1140. The number of anilines is 1. The van der Waals surface area contributed by atoms with E-state index in [2.05, 4.69) is 4.72 Å². The van der Waals surface area contributed by atoms with Gasteiger partial charge in [0.15, 0.2) is 0 Å². The van der Waals surface area contributed by atoms with Crippen molar-refractivity contribution in [2.75, 3.05) is 51.5 Å². The van der Waals surface area contributed by atoms with E-state index in [9.17, 15) is 31.2 Å². The Balaban J connectivity index is 1.64. The van der Waals surface area contributed by atoms with Crippen LogP contribution in [0.15, 0.2) is 53.4 Å². The molecule has 0 aliphatic carbocycles. The Morgan fingerprint density at radius 1 is 0.971 bits per heavy atom. The van der Waals surface area contributed by atoms with E-state index >= 15 is 0 Å². The van der Waals surface area contributed by atoms with Gasteiger partial charge in [-0.25, -0.2) is 8.42 Å². The average Bonchev–Trinajstić information content (AvgIpc) is 2.77. The van der Waals surface area contributed by atoms with E-state index in [1.54, 1.807) is 28.8 Å². The molecule has 0 atom stereocenters. The van der Waals surface area contributed by atoms with Crippen molar-refractivity contribution in [1.82, 2.24) is 14.7 Å². The van der Waals surface area contributed by atoms with Crippen LogP contribution in [0.3, 0.4) is 0 Å². The number of sulfonamides is 1. The van der Waals surface area contributed by atoms with Gasteiger partial charge in [0, 0.05) is 37.4 Å². The number of nitrogens with one attached hydrogen (secondary N) is 1. The molecule has 0 bridgehead atoms. The minimum absolute atomic E-state index is 0.0140. The lowest BCUT2D eigenvalue weighted by molar-refractivity contribution is -0.137. The number of piperazine rings is 1. The maximum Gasteiger partial charge on any atom is 0.416 e. The second kappa shape index (κ2) is 10.0. The van der Waals surface area contributed by atoms with Crippen molar-refractivity contribution < 1.29 is 31.2 Å². The number of amides is 2. The fourth-order valence-electron chi connectivity index (χ4n) is 3.46. The Hall–Kier alpha value is -3.12. The fraction of sp³-hybridized carbons (Fsp3) is 0.364. The molecule has 12 heteroatoms. The van der Waals surface area contributed by atoms with Gasteiger partial charge >= 0.3 is 6.18 Å². The van der Waals surface area contributed by atoms with Gasteiger partial charge in [0.25, 0.3) is 15.9 Å². The van der Waals surface area contributed by atoms with Crippen molar-refractivity contribution in [3.05, 3.63) is 59.7 Å². The molecule has 1 aliphatic heterocycles. The minimum Gasteiger partial charge on any atom is -0.338 e. The molecule has 1 fully saturated rings.